The van der Waals surface area contributed by atoms with Gasteiger partial charge in [-0.3, -0.25) is 4.90 Å². The summed E-state index contributed by atoms with van der Waals surface area (Å²) >= 11 is 0. The predicted octanol–water partition coefficient (Wildman–Crippen LogP) is 1.95. The number of aliphatic hydroxyl groups excluding tert-OH is 1. The Kier molecular flexibility index (Phi) is 4.85. The Morgan fingerprint density at radius 3 is 2.35 bits per heavy atom. The number of morpholine rings is 1. The van der Waals surface area contributed by atoms with Crippen LogP contribution in [-0.2, 0) is 4.74 Å². The van der Waals surface area contributed by atoms with Crippen molar-refractivity contribution in [2.24, 2.45) is 0 Å². The highest BCUT2D eigenvalue weighted by Crippen LogP contribution is 2.24. The van der Waals surface area contributed by atoms with Gasteiger partial charge < -0.3 is 14.6 Å². The number of nitrogens with zero attached hydrogens (tertiary/aromatic N) is 1. The molecule has 1 atom stereocenters. The SMILES string of the molecule is O[C@@H](CN1CCOCC1)c1ccc(OC(F)(F)F)cc1. The number of aliphatic hydroxyl groups is 1. The monoisotopic (exact) mass is 291 g/mol. The van der Waals surface area contributed by atoms with Crippen molar-refractivity contribution in [2.75, 3.05) is 32.8 Å². The van der Waals surface area contributed by atoms with Gasteiger partial charge in [0, 0.05) is 19.6 Å². The summed E-state index contributed by atoms with van der Waals surface area (Å²) in [5, 5.41) is 10.1. The van der Waals surface area contributed by atoms with Crippen LogP contribution in [0.5, 0.6) is 5.75 Å². The lowest BCUT2D eigenvalue weighted by molar-refractivity contribution is -0.274. The first kappa shape index (κ1) is 15.1. The summed E-state index contributed by atoms with van der Waals surface area (Å²) in [6, 6.07) is 5.27. The average Bonchev–Trinajstić information content (AvgIpc) is 2.39. The Hall–Kier alpha value is -1.31. The molecule has 0 saturated carbocycles. The third-order valence-electron chi connectivity index (χ3n) is 3.03. The van der Waals surface area contributed by atoms with Gasteiger partial charge in [0.25, 0.3) is 0 Å². The Bertz CT molecular complexity index is 416. The van der Waals surface area contributed by atoms with Gasteiger partial charge in [0.05, 0.1) is 19.3 Å². The molecular weight excluding hydrogens is 275 g/mol. The van der Waals surface area contributed by atoms with Crippen molar-refractivity contribution in [2.45, 2.75) is 12.5 Å². The molecule has 112 valence electrons. The summed E-state index contributed by atoms with van der Waals surface area (Å²) in [4.78, 5) is 2.05. The molecule has 1 saturated heterocycles. The van der Waals surface area contributed by atoms with Crippen LogP contribution < -0.4 is 4.74 Å². The smallest absolute Gasteiger partial charge is 0.406 e. The van der Waals surface area contributed by atoms with Crippen LogP contribution in [0.4, 0.5) is 13.2 Å². The van der Waals surface area contributed by atoms with E-state index in [9.17, 15) is 18.3 Å². The first-order chi connectivity index (χ1) is 9.44. The van der Waals surface area contributed by atoms with Crippen molar-refractivity contribution in [3.63, 3.8) is 0 Å². The van der Waals surface area contributed by atoms with Gasteiger partial charge >= 0.3 is 6.36 Å². The molecule has 1 heterocycles. The van der Waals surface area contributed by atoms with Gasteiger partial charge in [0.2, 0.25) is 0 Å². The van der Waals surface area contributed by atoms with Crippen molar-refractivity contribution >= 4 is 0 Å². The van der Waals surface area contributed by atoms with Crippen LogP contribution in [-0.4, -0.2) is 49.2 Å². The van der Waals surface area contributed by atoms with E-state index >= 15 is 0 Å². The van der Waals surface area contributed by atoms with E-state index in [1.54, 1.807) is 0 Å². The quantitative estimate of drug-likeness (QED) is 0.920. The molecule has 2 rings (SSSR count). The van der Waals surface area contributed by atoms with Gasteiger partial charge in [-0.2, -0.15) is 0 Å². The van der Waals surface area contributed by atoms with Crippen LogP contribution >= 0.6 is 0 Å². The molecule has 4 nitrogen and oxygen atoms in total. The van der Waals surface area contributed by atoms with Crippen molar-refractivity contribution in [3.05, 3.63) is 29.8 Å². The summed E-state index contributed by atoms with van der Waals surface area (Å²) in [7, 11) is 0. The van der Waals surface area contributed by atoms with Crippen LogP contribution in [0.3, 0.4) is 0 Å². The zero-order chi connectivity index (χ0) is 14.6. The highest BCUT2D eigenvalue weighted by Gasteiger charge is 2.31. The summed E-state index contributed by atoms with van der Waals surface area (Å²) in [6.07, 6.45) is -5.44. The Morgan fingerprint density at radius 1 is 1.20 bits per heavy atom. The van der Waals surface area contributed by atoms with Crippen LogP contribution in [0.25, 0.3) is 0 Å². The van der Waals surface area contributed by atoms with Crippen molar-refractivity contribution in [3.8, 4) is 5.75 Å². The second-order valence-corrected chi connectivity index (χ2v) is 4.55. The average molecular weight is 291 g/mol. The number of benzene rings is 1. The Labute approximate surface area is 114 Å². The van der Waals surface area contributed by atoms with E-state index in [1.807, 2.05) is 4.90 Å². The Morgan fingerprint density at radius 2 is 1.80 bits per heavy atom. The number of ether oxygens (including phenoxy) is 2. The van der Waals surface area contributed by atoms with E-state index in [0.717, 1.165) is 13.1 Å². The summed E-state index contributed by atoms with van der Waals surface area (Å²) in [5.74, 6) is -0.292. The van der Waals surface area contributed by atoms with Gasteiger partial charge in [-0.05, 0) is 17.7 Å². The van der Waals surface area contributed by atoms with E-state index < -0.39 is 12.5 Å². The summed E-state index contributed by atoms with van der Waals surface area (Å²) < 4.78 is 45.0. The summed E-state index contributed by atoms with van der Waals surface area (Å²) in [5.41, 5.74) is 0.561. The molecule has 1 aliphatic rings. The van der Waals surface area contributed by atoms with Crippen LogP contribution in [0.15, 0.2) is 24.3 Å². The molecule has 0 spiro atoms. The standard InChI is InChI=1S/C13H16F3NO3/c14-13(15,16)20-11-3-1-10(2-4-11)12(18)9-17-5-7-19-8-6-17/h1-4,12,18H,5-9H2/t12-/m0/s1. The highest BCUT2D eigenvalue weighted by molar-refractivity contribution is 5.28. The molecule has 20 heavy (non-hydrogen) atoms. The number of hydrogen-bond acceptors (Lipinski definition) is 4. The molecule has 0 aromatic heterocycles. The Balaban J connectivity index is 1.91. The van der Waals surface area contributed by atoms with Gasteiger partial charge in [-0.15, -0.1) is 13.2 Å². The second-order valence-electron chi connectivity index (χ2n) is 4.55. The van der Waals surface area contributed by atoms with E-state index in [-0.39, 0.29) is 5.75 Å². The number of halogens is 3. The molecule has 0 radical (unpaired) electrons. The molecule has 0 unspecified atom stereocenters. The lowest BCUT2D eigenvalue weighted by atomic mass is 10.1. The van der Waals surface area contributed by atoms with Crippen molar-refractivity contribution in [1.82, 2.24) is 4.90 Å². The molecular formula is C13H16F3NO3. The molecule has 7 heteroatoms. The minimum atomic E-state index is -4.70. The molecule has 1 fully saturated rings. The molecule has 0 bridgehead atoms. The van der Waals surface area contributed by atoms with E-state index in [1.165, 1.54) is 24.3 Å². The number of hydrogen-bond donors (Lipinski definition) is 1. The first-order valence-electron chi connectivity index (χ1n) is 6.28. The minimum Gasteiger partial charge on any atom is -0.406 e. The first-order valence-corrected chi connectivity index (χ1v) is 6.28. The number of alkyl halides is 3. The van der Waals surface area contributed by atoms with E-state index in [4.69, 9.17) is 4.74 Å². The molecule has 0 aliphatic carbocycles. The molecule has 1 aromatic carbocycles. The van der Waals surface area contributed by atoms with Gasteiger partial charge in [0.1, 0.15) is 5.75 Å². The highest BCUT2D eigenvalue weighted by atomic mass is 19.4. The third-order valence-corrected chi connectivity index (χ3v) is 3.03. The van der Waals surface area contributed by atoms with E-state index in [0.29, 0.717) is 25.3 Å². The molecule has 1 aliphatic heterocycles. The van der Waals surface area contributed by atoms with Crippen LogP contribution in [0, 0.1) is 0 Å². The molecule has 1 aromatic rings. The maximum absolute atomic E-state index is 12.0. The fourth-order valence-corrected chi connectivity index (χ4v) is 2.03. The lowest BCUT2D eigenvalue weighted by Crippen LogP contribution is -2.38. The number of rotatable bonds is 4. The van der Waals surface area contributed by atoms with Gasteiger partial charge in [0.15, 0.2) is 0 Å². The maximum Gasteiger partial charge on any atom is 0.573 e. The summed E-state index contributed by atoms with van der Waals surface area (Å²) in [6.45, 7) is 3.18. The maximum atomic E-state index is 12.0. The zero-order valence-electron chi connectivity index (χ0n) is 10.8. The minimum absolute atomic E-state index is 0.292. The van der Waals surface area contributed by atoms with Gasteiger partial charge in [-0.25, -0.2) is 0 Å². The van der Waals surface area contributed by atoms with Gasteiger partial charge in [-0.1, -0.05) is 12.1 Å². The van der Waals surface area contributed by atoms with Crippen molar-refractivity contribution < 1.29 is 27.8 Å². The largest absolute Gasteiger partial charge is 0.573 e. The van der Waals surface area contributed by atoms with Crippen LogP contribution in [0.1, 0.15) is 11.7 Å². The van der Waals surface area contributed by atoms with Crippen molar-refractivity contribution in [1.29, 1.82) is 0 Å². The normalized spacial score (nSPS) is 18.8. The zero-order valence-corrected chi connectivity index (χ0v) is 10.8. The third kappa shape index (κ3) is 4.66. The molecule has 0 amide bonds. The fraction of sp³-hybridized carbons (Fsp3) is 0.538. The lowest BCUT2D eigenvalue weighted by Gasteiger charge is -2.28. The molecule has 1 N–H and O–H groups in total. The van der Waals surface area contributed by atoms with Crippen LogP contribution in [0.2, 0.25) is 0 Å². The fourth-order valence-electron chi connectivity index (χ4n) is 2.03. The van der Waals surface area contributed by atoms with E-state index in [2.05, 4.69) is 4.74 Å². The second kappa shape index (κ2) is 6.43. The topological polar surface area (TPSA) is 41.9 Å². The number of β-amino-alcohol motifs (C(OH)–C–C–N with tert-alkyl or cyclic N) is 1. The predicted molar refractivity (Wildman–Crippen MR) is 65.3 cm³/mol.